The summed E-state index contributed by atoms with van der Waals surface area (Å²) in [5, 5.41) is 0. The number of esters is 1. The maximum atomic E-state index is 11.8. The summed E-state index contributed by atoms with van der Waals surface area (Å²) in [5.41, 5.74) is 0.840. The first kappa shape index (κ1) is 28.6. The van der Waals surface area contributed by atoms with E-state index in [4.69, 9.17) is 9.16 Å². The van der Waals surface area contributed by atoms with Crippen molar-refractivity contribution in [3.8, 4) is 0 Å². The van der Waals surface area contributed by atoms with Crippen LogP contribution in [0.25, 0.3) is 0 Å². The zero-order valence-corrected chi connectivity index (χ0v) is 26.2. The van der Waals surface area contributed by atoms with E-state index in [1.54, 1.807) is 6.92 Å². The number of carbonyl (C=O) groups is 1. The van der Waals surface area contributed by atoms with E-state index in [2.05, 4.69) is 54.3 Å². The molecule has 3 nitrogen and oxygen atoms in total. The van der Waals surface area contributed by atoms with Crippen molar-refractivity contribution in [1.82, 2.24) is 0 Å². The lowest BCUT2D eigenvalue weighted by molar-refractivity contribution is -0.179. The van der Waals surface area contributed by atoms with Gasteiger partial charge in [-0.15, -0.1) is 0 Å². The van der Waals surface area contributed by atoms with E-state index in [0.717, 1.165) is 48.3 Å². The van der Waals surface area contributed by atoms with Gasteiger partial charge in [-0.3, -0.25) is 4.79 Å². The molecule has 4 aliphatic rings. The number of hydrogen-bond donors (Lipinski definition) is 0. The lowest BCUT2D eigenvalue weighted by Crippen LogP contribution is -2.60. The Morgan fingerprint density at radius 2 is 1.56 bits per heavy atom. The minimum absolute atomic E-state index is 0.0845. The molecule has 0 radical (unpaired) electrons. The SMILES string of the molecule is CC(=O)O[C@H]1CC[C@@]2(C)C(C1)C(O[Si](C)(C)C)C[C@H]1[C@@H]3CC[C@H]([C@H](C)CCCC(C)C)[C@@]3(C)CC[C@@H]12. The molecule has 0 saturated heterocycles. The molecule has 0 amide bonds. The Hall–Kier alpha value is -0.353. The predicted octanol–water partition coefficient (Wildman–Crippen LogP) is 8.87. The van der Waals surface area contributed by atoms with Crippen LogP contribution in [0, 0.1) is 52.3 Å². The lowest BCUT2D eigenvalue weighted by Gasteiger charge is -2.63. The summed E-state index contributed by atoms with van der Waals surface area (Å²) in [5.74, 6) is 5.49. The third kappa shape index (κ3) is 5.65. The first-order valence-electron chi connectivity index (χ1n) is 15.6. The molecule has 2 unspecified atom stereocenters. The minimum Gasteiger partial charge on any atom is -0.463 e. The maximum Gasteiger partial charge on any atom is 0.302 e. The van der Waals surface area contributed by atoms with Crippen LogP contribution < -0.4 is 0 Å². The van der Waals surface area contributed by atoms with E-state index in [1.165, 1.54) is 57.8 Å². The Labute approximate surface area is 224 Å². The minimum atomic E-state index is -1.68. The molecule has 0 N–H and O–H groups in total. The van der Waals surface area contributed by atoms with Crippen LogP contribution in [0.3, 0.4) is 0 Å². The highest BCUT2D eigenvalue weighted by atomic mass is 28.4. The molecule has 0 aromatic carbocycles. The van der Waals surface area contributed by atoms with E-state index >= 15 is 0 Å². The molecule has 208 valence electrons. The van der Waals surface area contributed by atoms with Crippen LogP contribution in [-0.2, 0) is 14.0 Å². The first-order valence-corrected chi connectivity index (χ1v) is 19.0. The summed E-state index contributed by atoms with van der Waals surface area (Å²) < 4.78 is 12.8. The van der Waals surface area contributed by atoms with Crippen molar-refractivity contribution in [2.45, 2.75) is 144 Å². The number of rotatable bonds is 8. The molecule has 0 bridgehead atoms. The van der Waals surface area contributed by atoms with Crippen molar-refractivity contribution in [3.05, 3.63) is 0 Å². The van der Waals surface area contributed by atoms with E-state index < -0.39 is 8.32 Å². The molecule has 0 aromatic heterocycles. The molecule has 36 heavy (non-hydrogen) atoms. The van der Waals surface area contributed by atoms with Crippen LogP contribution in [-0.4, -0.2) is 26.5 Å². The van der Waals surface area contributed by atoms with Crippen molar-refractivity contribution >= 4 is 14.3 Å². The second-order valence-electron chi connectivity index (χ2n) is 15.5. The van der Waals surface area contributed by atoms with E-state index in [0.29, 0.717) is 22.9 Å². The van der Waals surface area contributed by atoms with Crippen molar-refractivity contribution < 1.29 is 14.0 Å². The Balaban J connectivity index is 1.56. The molecule has 4 rings (SSSR count). The zero-order valence-electron chi connectivity index (χ0n) is 25.2. The molecule has 0 spiro atoms. The Morgan fingerprint density at radius 1 is 0.889 bits per heavy atom. The lowest BCUT2D eigenvalue weighted by atomic mass is 9.43. The number of ether oxygens (including phenoxy) is 1. The Kier molecular flexibility index (Phi) is 8.49. The van der Waals surface area contributed by atoms with Gasteiger partial charge in [-0.2, -0.15) is 0 Å². The molecular formula is C32H58O3Si. The summed E-state index contributed by atoms with van der Waals surface area (Å²) in [6.45, 7) is 21.3. The van der Waals surface area contributed by atoms with E-state index in [-0.39, 0.29) is 12.1 Å². The van der Waals surface area contributed by atoms with Crippen LogP contribution in [0.5, 0.6) is 0 Å². The fourth-order valence-electron chi connectivity index (χ4n) is 10.2. The highest BCUT2D eigenvalue weighted by Crippen LogP contribution is 2.69. The summed E-state index contributed by atoms with van der Waals surface area (Å²) in [6, 6.07) is 0. The monoisotopic (exact) mass is 518 g/mol. The summed E-state index contributed by atoms with van der Waals surface area (Å²) in [6.07, 6.45) is 14.8. The smallest absolute Gasteiger partial charge is 0.302 e. The molecule has 4 aliphatic carbocycles. The summed E-state index contributed by atoms with van der Waals surface area (Å²) >= 11 is 0. The van der Waals surface area contributed by atoms with Crippen LogP contribution >= 0.6 is 0 Å². The average molecular weight is 519 g/mol. The number of fused-ring (bicyclic) bond motifs is 5. The normalized spacial score (nSPS) is 43.4. The van der Waals surface area contributed by atoms with Gasteiger partial charge in [0.2, 0.25) is 0 Å². The summed E-state index contributed by atoms with van der Waals surface area (Å²) in [7, 11) is -1.68. The van der Waals surface area contributed by atoms with Gasteiger partial charge < -0.3 is 9.16 Å². The predicted molar refractivity (Wildman–Crippen MR) is 152 cm³/mol. The standard InChI is InChI=1S/C32H58O3Si/c1-21(2)11-10-12-22(3)26-13-14-27-25-20-30(35-36(7,8)9)29-19-24(34-23(4)33)15-17-32(29,6)28(25)16-18-31(26,27)5/h21-22,24-30H,10-20H2,1-9H3/t22-,24+,25+,26-,27+,28+,29?,30?,31-,32-/m1/s1. The topological polar surface area (TPSA) is 35.5 Å². The third-order valence-electron chi connectivity index (χ3n) is 11.6. The van der Waals surface area contributed by atoms with Crippen LogP contribution in [0.15, 0.2) is 0 Å². The molecular weight excluding hydrogens is 460 g/mol. The van der Waals surface area contributed by atoms with Gasteiger partial charge in [-0.05, 0) is 123 Å². The fraction of sp³-hybridized carbons (Fsp3) is 0.969. The number of hydrogen-bond acceptors (Lipinski definition) is 3. The third-order valence-corrected chi connectivity index (χ3v) is 12.7. The molecule has 10 atom stereocenters. The Morgan fingerprint density at radius 3 is 2.19 bits per heavy atom. The summed E-state index contributed by atoms with van der Waals surface area (Å²) in [4.78, 5) is 11.8. The Bertz CT molecular complexity index is 774. The quantitative estimate of drug-likeness (QED) is 0.238. The maximum absolute atomic E-state index is 11.8. The molecule has 0 heterocycles. The van der Waals surface area contributed by atoms with Gasteiger partial charge >= 0.3 is 5.97 Å². The second kappa shape index (κ2) is 10.7. The van der Waals surface area contributed by atoms with Gasteiger partial charge in [0, 0.05) is 13.0 Å². The highest BCUT2D eigenvalue weighted by molar-refractivity contribution is 6.69. The van der Waals surface area contributed by atoms with Crippen LogP contribution in [0.4, 0.5) is 0 Å². The van der Waals surface area contributed by atoms with E-state index in [9.17, 15) is 4.79 Å². The van der Waals surface area contributed by atoms with Crippen LogP contribution in [0.2, 0.25) is 19.6 Å². The number of carbonyl (C=O) groups excluding carboxylic acids is 1. The molecule has 4 heteroatoms. The molecule has 4 fully saturated rings. The van der Waals surface area contributed by atoms with Crippen molar-refractivity contribution in [3.63, 3.8) is 0 Å². The van der Waals surface area contributed by atoms with Gasteiger partial charge in [-0.1, -0.05) is 53.9 Å². The molecule has 0 aromatic rings. The van der Waals surface area contributed by atoms with Crippen molar-refractivity contribution in [1.29, 1.82) is 0 Å². The molecule has 4 saturated carbocycles. The van der Waals surface area contributed by atoms with Gasteiger partial charge in [0.25, 0.3) is 0 Å². The van der Waals surface area contributed by atoms with Crippen molar-refractivity contribution in [2.75, 3.05) is 0 Å². The first-order chi connectivity index (χ1) is 16.7. The molecule has 0 aliphatic heterocycles. The largest absolute Gasteiger partial charge is 0.463 e. The second-order valence-corrected chi connectivity index (χ2v) is 20.0. The highest BCUT2D eigenvalue weighted by Gasteiger charge is 2.63. The van der Waals surface area contributed by atoms with Crippen LogP contribution in [0.1, 0.15) is 112 Å². The van der Waals surface area contributed by atoms with Gasteiger partial charge in [0.05, 0.1) is 0 Å². The van der Waals surface area contributed by atoms with E-state index in [1.807, 2.05) is 0 Å². The van der Waals surface area contributed by atoms with Crippen molar-refractivity contribution in [2.24, 2.45) is 52.3 Å². The zero-order chi connectivity index (χ0) is 26.5. The van der Waals surface area contributed by atoms with Gasteiger partial charge in [-0.25, -0.2) is 0 Å². The van der Waals surface area contributed by atoms with Gasteiger partial charge in [0.1, 0.15) is 6.10 Å². The average Bonchev–Trinajstić information content (AvgIpc) is 3.10. The van der Waals surface area contributed by atoms with Gasteiger partial charge in [0.15, 0.2) is 8.32 Å². The fourth-order valence-corrected chi connectivity index (χ4v) is 11.4.